The summed E-state index contributed by atoms with van der Waals surface area (Å²) in [4.78, 5) is 0. The molecule has 2 nitrogen and oxygen atoms in total. The maximum Gasteiger partial charge on any atom is 0.142 e. The molecule has 0 aliphatic carbocycles. The van der Waals surface area contributed by atoms with Crippen LogP contribution in [0.25, 0.3) is 5.57 Å². The minimum atomic E-state index is 0.473. The highest BCUT2D eigenvalue weighted by atomic mass is 32.1. The van der Waals surface area contributed by atoms with E-state index in [0.717, 1.165) is 15.6 Å². The van der Waals surface area contributed by atoms with Crippen LogP contribution in [0.4, 0.5) is 0 Å². The van der Waals surface area contributed by atoms with Crippen LogP contribution in [0.5, 0.6) is 0 Å². The fraction of sp³-hybridized carbons (Fsp3) is 0.500. The van der Waals surface area contributed by atoms with Gasteiger partial charge in [-0.05, 0) is 12.5 Å². The Morgan fingerprint density at radius 2 is 2.09 bits per heavy atom. The van der Waals surface area contributed by atoms with Gasteiger partial charge in [-0.15, -0.1) is 10.2 Å². The minimum Gasteiger partial charge on any atom is -0.143 e. The predicted molar refractivity (Wildman–Crippen MR) is 48.7 cm³/mol. The molecule has 11 heavy (non-hydrogen) atoms. The molecule has 0 aromatic carbocycles. The molecule has 0 N–H and O–H groups in total. The summed E-state index contributed by atoms with van der Waals surface area (Å²) >= 11 is 1.63. The molecule has 0 amide bonds. The van der Waals surface area contributed by atoms with Gasteiger partial charge in [-0.1, -0.05) is 31.8 Å². The Bertz CT molecular complexity index is 263. The van der Waals surface area contributed by atoms with E-state index < -0.39 is 0 Å². The summed E-state index contributed by atoms with van der Waals surface area (Å²) in [6.07, 6.45) is 0. The van der Waals surface area contributed by atoms with E-state index in [9.17, 15) is 0 Å². The smallest absolute Gasteiger partial charge is 0.142 e. The molecule has 1 heterocycles. The Kier molecular flexibility index (Phi) is 2.39. The lowest BCUT2D eigenvalue weighted by atomic mass is 10.2. The third kappa shape index (κ3) is 1.87. The van der Waals surface area contributed by atoms with Gasteiger partial charge in [0.2, 0.25) is 0 Å². The van der Waals surface area contributed by atoms with Gasteiger partial charge in [0, 0.05) is 5.92 Å². The van der Waals surface area contributed by atoms with Crippen molar-refractivity contribution in [1.29, 1.82) is 0 Å². The maximum absolute atomic E-state index is 4.04. The van der Waals surface area contributed by atoms with Gasteiger partial charge in [-0.3, -0.25) is 0 Å². The predicted octanol–water partition coefficient (Wildman–Crippen LogP) is 2.69. The van der Waals surface area contributed by atoms with E-state index in [1.54, 1.807) is 11.3 Å². The van der Waals surface area contributed by atoms with Crippen LogP contribution >= 0.6 is 11.3 Å². The normalized spacial score (nSPS) is 10.5. The van der Waals surface area contributed by atoms with Gasteiger partial charge in [-0.2, -0.15) is 0 Å². The molecule has 0 saturated carbocycles. The lowest BCUT2D eigenvalue weighted by Gasteiger charge is -1.93. The van der Waals surface area contributed by atoms with Crippen LogP contribution in [0.3, 0.4) is 0 Å². The number of allylic oxidation sites excluding steroid dienone is 1. The van der Waals surface area contributed by atoms with E-state index >= 15 is 0 Å². The van der Waals surface area contributed by atoms with Gasteiger partial charge in [0.25, 0.3) is 0 Å². The summed E-state index contributed by atoms with van der Waals surface area (Å²) in [6.45, 7) is 9.98. The molecule has 1 aromatic rings. The summed E-state index contributed by atoms with van der Waals surface area (Å²) in [6, 6.07) is 0. The third-order valence-corrected chi connectivity index (χ3v) is 2.69. The van der Waals surface area contributed by atoms with Crippen LogP contribution < -0.4 is 0 Å². The molecule has 0 unspecified atom stereocenters. The largest absolute Gasteiger partial charge is 0.143 e. The molecule has 0 radical (unpaired) electrons. The number of nitrogens with zero attached hydrogens (tertiary/aromatic N) is 2. The number of hydrogen-bond donors (Lipinski definition) is 0. The van der Waals surface area contributed by atoms with Crippen molar-refractivity contribution < 1.29 is 0 Å². The second-order valence-electron chi connectivity index (χ2n) is 2.88. The zero-order chi connectivity index (χ0) is 8.43. The SMILES string of the molecule is C=C(C)c1nnc(C(C)C)s1. The molecule has 1 aromatic heterocycles. The number of aromatic nitrogens is 2. The van der Waals surface area contributed by atoms with Crippen LogP contribution in [0.2, 0.25) is 0 Å². The Morgan fingerprint density at radius 3 is 2.36 bits per heavy atom. The van der Waals surface area contributed by atoms with Crippen molar-refractivity contribution in [2.75, 3.05) is 0 Å². The Balaban J connectivity index is 2.90. The van der Waals surface area contributed by atoms with Crippen LogP contribution in [-0.2, 0) is 0 Å². The highest BCUT2D eigenvalue weighted by molar-refractivity contribution is 7.12. The van der Waals surface area contributed by atoms with Crippen molar-refractivity contribution in [2.24, 2.45) is 0 Å². The third-order valence-electron chi connectivity index (χ3n) is 1.30. The van der Waals surface area contributed by atoms with Crippen LogP contribution in [0, 0.1) is 0 Å². The maximum atomic E-state index is 4.04. The highest BCUT2D eigenvalue weighted by Crippen LogP contribution is 2.22. The van der Waals surface area contributed by atoms with E-state index in [2.05, 4.69) is 30.6 Å². The molecule has 0 aliphatic rings. The van der Waals surface area contributed by atoms with Gasteiger partial charge in [0.1, 0.15) is 10.0 Å². The molecule has 0 aliphatic heterocycles. The first kappa shape index (κ1) is 8.40. The van der Waals surface area contributed by atoms with Crippen molar-refractivity contribution >= 4 is 16.9 Å². The molecule has 0 atom stereocenters. The molecule has 60 valence electrons. The van der Waals surface area contributed by atoms with E-state index in [4.69, 9.17) is 0 Å². The highest BCUT2D eigenvalue weighted by Gasteiger charge is 2.06. The average molecular weight is 168 g/mol. The molecule has 0 spiro atoms. The average Bonchev–Trinajstić information content (AvgIpc) is 2.33. The zero-order valence-electron chi connectivity index (χ0n) is 7.09. The van der Waals surface area contributed by atoms with E-state index in [0.29, 0.717) is 5.92 Å². The number of hydrogen-bond acceptors (Lipinski definition) is 3. The molecule has 1 rings (SSSR count). The summed E-state index contributed by atoms with van der Waals surface area (Å²) in [5, 5.41) is 10.1. The van der Waals surface area contributed by atoms with E-state index in [1.807, 2.05) is 6.92 Å². The van der Waals surface area contributed by atoms with E-state index in [-0.39, 0.29) is 0 Å². The second-order valence-corrected chi connectivity index (χ2v) is 3.89. The second kappa shape index (κ2) is 3.13. The Hall–Kier alpha value is -0.700. The first-order valence-corrected chi connectivity index (χ1v) is 4.42. The molecular weight excluding hydrogens is 156 g/mol. The van der Waals surface area contributed by atoms with Crippen molar-refractivity contribution in [3.63, 3.8) is 0 Å². The standard InChI is InChI=1S/C8H12N2S/c1-5(2)7-9-10-8(11-7)6(3)4/h6H,1H2,2-4H3. The Morgan fingerprint density at radius 1 is 1.45 bits per heavy atom. The van der Waals surface area contributed by atoms with Crippen LogP contribution in [0.15, 0.2) is 6.58 Å². The fourth-order valence-corrected chi connectivity index (χ4v) is 1.41. The first-order valence-electron chi connectivity index (χ1n) is 3.60. The van der Waals surface area contributed by atoms with Crippen LogP contribution in [0.1, 0.15) is 36.7 Å². The Labute approximate surface area is 71.0 Å². The fourth-order valence-electron chi connectivity index (χ4n) is 0.640. The summed E-state index contributed by atoms with van der Waals surface area (Å²) in [5.74, 6) is 0.473. The molecular formula is C8H12N2S. The van der Waals surface area contributed by atoms with Gasteiger partial charge in [0.15, 0.2) is 0 Å². The molecule has 0 fully saturated rings. The van der Waals surface area contributed by atoms with Crippen molar-refractivity contribution in [2.45, 2.75) is 26.7 Å². The van der Waals surface area contributed by atoms with Crippen molar-refractivity contribution in [3.05, 3.63) is 16.6 Å². The monoisotopic (exact) mass is 168 g/mol. The van der Waals surface area contributed by atoms with Crippen LogP contribution in [-0.4, -0.2) is 10.2 Å². The topological polar surface area (TPSA) is 25.8 Å². The van der Waals surface area contributed by atoms with Gasteiger partial charge >= 0.3 is 0 Å². The quantitative estimate of drug-likeness (QED) is 0.678. The number of rotatable bonds is 2. The van der Waals surface area contributed by atoms with Crippen molar-refractivity contribution in [1.82, 2.24) is 10.2 Å². The molecule has 0 bridgehead atoms. The van der Waals surface area contributed by atoms with Crippen molar-refractivity contribution in [3.8, 4) is 0 Å². The first-order chi connectivity index (χ1) is 5.11. The van der Waals surface area contributed by atoms with Gasteiger partial charge in [-0.25, -0.2) is 0 Å². The van der Waals surface area contributed by atoms with Gasteiger partial charge < -0.3 is 0 Å². The molecule has 0 saturated heterocycles. The van der Waals surface area contributed by atoms with Gasteiger partial charge in [0.05, 0.1) is 0 Å². The summed E-state index contributed by atoms with van der Waals surface area (Å²) in [7, 11) is 0. The minimum absolute atomic E-state index is 0.473. The summed E-state index contributed by atoms with van der Waals surface area (Å²) in [5.41, 5.74) is 0.995. The lowest BCUT2D eigenvalue weighted by molar-refractivity contribution is 0.823. The summed E-state index contributed by atoms with van der Waals surface area (Å²) < 4.78 is 0. The molecule has 3 heteroatoms. The van der Waals surface area contributed by atoms with E-state index in [1.165, 1.54) is 0 Å². The lowest BCUT2D eigenvalue weighted by Crippen LogP contribution is -1.83. The zero-order valence-corrected chi connectivity index (χ0v) is 7.90.